The Morgan fingerprint density at radius 2 is 2.11 bits per heavy atom. The third-order valence-corrected chi connectivity index (χ3v) is 4.08. The van der Waals surface area contributed by atoms with Gasteiger partial charge in [-0.25, -0.2) is 0 Å². The van der Waals surface area contributed by atoms with Crippen LogP contribution in [0.4, 0.5) is 5.69 Å². The summed E-state index contributed by atoms with van der Waals surface area (Å²) in [7, 11) is 2.14. The number of nitrogens with zero attached hydrogens (tertiary/aromatic N) is 1. The molecule has 3 heteroatoms. The Hall–Kier alpha value is -1.32. The lowest BCUT2D eigenvalue weighted by atomic mass is 10.1. The van der Waals surface area contributed by atoms with Gasteiger partial charge in [0.25, 0.3) is 0 Å². The Bertz CT molecular complexity index is 491. The Labute approximate surface area is 113 Å². The average molecular weight is 260 g/mol. The minimum atomic E-state index is 0.596. The highest BCUT2D eigenvalue weighted by Gasteiger charge is 2.07. The number of nitrogens with two attached hydrogens (primary N) is 1. The van der Waals surface area contributed by atoms with Gasteiger partial charge in [-0.15, -0.1) is 11.3 Å². The molecule has 1 heterocycles. The maximum absolute atomic E-state index is 5.80. The summed E-state index contributed by atoms with van der Waals surface area (Å²) in [5.41, 5.74) is 9.56. The second kappa shape index (κ2) is 6.03. The van der Waals surface area contributed by atoms with Crippen LogP contribution in [-0.4, -0.2) is 13.6 Å². The van der Waals surface area contributed by atoms with Crippen molar-refractivity contribution >= 4 is 17.0 Å². The number of hydrogen-bond acceptors (Lipinski definition) is 3. The van der Waals surface area contributed by atoms with Crippen LogP contribution in [0.5, 0.6) is 0 Å². The van der Waals surface area contributed by atoms with E-state index in [4.69, 9.17) is 5.73 Å². The predicted molar refractivity (Wildman–Crippen MR) is 80.4 cm³/mol. The molecule has 96 valence electrons. The van der Waals surface area contributed by atoms with Crippen LogP contribution in [-0.2, 0) is 13.0 Å². The zero-order valence-electron chi connectivity index (χ0n) is 11.0. The van der Waals surface area contributed by atoms with E-state index in [1.807, 2.05) is 11.3 Å². The van der Waals surface area contributed by atoms with Gasteiger partial charge in [0, 0.05) is 30.7 Å². The van der Waals surface area contributed by atoms with Gasteiger partial charge in [-0.05, 0) is 42.0 Å². The SMILES string of the molecule is Cc1ccc(CN)c(N(C)CCc2cccs2)c1. The van der Waals surface area contributed by atoms with Crippen molar-refractivity contribution in [2.75, 3.05) is 18.5 Å². The van der Waals surface area contributed by atoms with E-state index in [-0.39, 0.29) is 0 Å². The molecule has 0 saturated carbocycles. The fourth-order valence-electron chi connectivity index (χ4n) is 2.06. The van der Waals surface area contributed by atoms with Crippen LogP contribution in [0.15, 0.2) is 35.7 Å². The first-order valence-corrected chi connectivity index (χ1v) is 7.12. The van der Waals surface area contributed by atoms with E-state index >= 15 is 0 Å². The van der Waals surface area contributed by atoms with Gasteiger partial charge >= 0.3 is 0 Å². The number of aryl methyl sites for hydroxylation is 1. The van der Waals surface area contributed by atoms with Gasteiger partial charge < -0.3 is 10.6 Å². The molecule has 2 nitrogen and oxygen atoms in total. The predicted octanol–water partition coefficient (Wildman–Crippen LogP) is 3.19. The molecule has 2 N–H and O–H groups in total. The van der Waals surface area contributed by atoms with Crippen LogP contribution in [0.3, 0.4) is 0 Å². The van der Waals surface area contributed by atoms with Crippen molar-refractivity contribution in [1.29, 1.82) is 0 Å². The Morgan fingerprint density at radius 3 is 2.78 bits per heavy atom. The molecule has 0 atom stereocenters. The highest BCUT2D eigenvalue weighted by molar-refractivity contribution is 7.09. The lowest BCUT2D eigenvalue weighted by Gasteiger charge is -2.22. The molecule has 2 aromatic rings. The number of hydrogen-bond donors (Lipinski definition) is 1. The summed E-state index contributed by atoms with van der Waals surface area (Å²) >= 11 is 1.82. The maximum Gasteiger partial charge on any atom is 0.0411 e. The second-order valence-electron chi connectivity index (χ2n) is 4.59. The Kier molecular flexibility index (Phi) is 4.39. The van der Waals surface area contributed by atoms with Gasteiger partial charge in [0.05, 0.1) is 0 Å². The molecule has 0 aliphatic carbocycles. The Balaban J connectivity index is 2.08. The van der Waals surface area contributed by atoms with E-state index in [1.54, 1.807) is 0 Å². The molecule has 1 aromatic heterocycles. The first kappa shape index (κ1) is 13.1. The van der Waals surface area contributed by atoms with Gasteiger partial charge in [-0.3, -0.25) is 0 Å². The van der Waals surface area contributed by atoms with Crippen molar-refractivity contribution in [2.45, 2.75) is 19.9 Å². The highest BCUT2D eigenvalue weighted by Crippen LogP contribution is 2.21. The summed E-state index contributed by atoms with van der Waals surface area (Å²) in [5.74, 6) is 0. The van der Waals surface area contributed by atoms with Crippen LogP contribution >= 0.6 is 11.3 Å². The third-order valence-electron chi connectivity index (χ3n) is 3.15. The topological polar surface area (TPSA) is 29.3 Å². The van der Waals surface area contributed by atoms with Crippen molar-refractivity contribution in [1.82, 2.24) is 0 Å². The molecule has 18 heavy (non-hydrogen) atoms. The highest BCUT2D eigenvalue weighted by atomic mass is 32.1. The van der Waals surface area contributed by atoms with Crippen molar-refractivity contribution in [3.05, 3.63) is 51.7 Å². The summed E-state index contributed by atoms with van der Waals surface area (Å²) in [6.07, 6.45) is 1.09. The zero-order chi connectivity index (χ0) is 13.0. The van der Waals surface area contributed by atoms with Crippen LogP contribution in [0.25, 0.3) is 0 Å². The van der Waals surface area contributed by atoms with Crippen LogP contribution in [0.2, 0.25) is 0 Å². The van der Waals surface area contributed by atoms with Gasteiger partial charge in [0.15, 0.2) is 0 Å². The molecule has 0 fully saturated rings. The molecule has 0 bridgehead atoms. The molecular weight excluding hydrogens is 240 g/mol. The van der Waals surface area contributed by atoms with Gasteiger partial charge in [0.2, 0.25) is 0 Å². The van der Waals surface area contributed by atoms with Crippen molar-refractivity contribution < 1.29 is 0 Å². The molecular formula is C15H20N2S. The Morgan fingerprint density at radius 1 is 1.28 bits per heavy atom. The molecule has 0 spiro atoms. The van der Waals surface area contributed by atoms with E-state index in [0.717, 1.165) is 13.0 Å². The molecule has 0 amide bonds. The lowest BCUT2D eigenvalue weighted by Crippen LogP contribution is -2.22. The molecule has 0 aliphatic rings. The molecule has 0 radical (unpaired) electrons. The number of benzene rings is 1. The average Bonchev–Trinajstić information content (AvgIpc) is 2.89. The van der Waals surface area contributed by atoms with E-state index in [2.05, 4.69) is 54.6 Å². The first-order chi connectivity index (χ1) is 8.70. The monoisotopic (exact) mass is 260 g/mol. The number of rotatable bonds is 5. The molecule has 0 aliphatic heterocycles. The summed E-state index contributed by atoms with van der Waals surface area (Å²) in [5, 5.41) is 2.13. The molecule has 0 unspecified atom stereocenters. The quantitative estimate of drug-likeness (QED) is 0.894. The molecule has 0 saturated heterocycles. The number of likely N-dealkylation sites (N-methyl/N-ethyl adjacent to an activating group) is 1. The second-order valence-corrected chi connectivity index (χ2v) is 5.62. The van der Waals surface area contributed by atoms with E-state index in [0.29, 0.717) is 6.54 Å². The minimum Gasteiger partial charge on any atom is -0.374 e. The summed E-state index contributed by atoms with van der Waals surface area (Å²) in [6.45, 7) is 3.74. The standard InChI is InChI=1S/C15H20N2S/c1-12-5-6-13(11-16)15(10-12)17(2)8-7-14-4-3-9-18-14/h3-6,9-10H,7-8,11,16H2,1-2H3. The van der Waals surface area contributed by atoms with Crippen LogP contribution in [0.1, 0.15) is 16.0 Å². The van der Waals surface area contributed by atoms with Crippen molar-refractivity contribution in [2.24, 2.45) is 5.73 Å². The largest absolute Gasteiger partial charge is 0.374 e. The van der Waals surface area contributed by atoms with Gasteiger partial charge in [-0.2, -0.15) is 0 Å². The fourth-order valence-corrected chi connectivity index (χ4v) is 2.75. The summed E-state index contributed by atoms with van der Waals surface area (Å²) < 4.78 is 0. The van der Waals surface area contributed by atoms with E-state index in [9.17, 15) is 0 Å². The van der Waals surface area contributed by atoms with Crippen LogP contribution < -0.4 is 10.6 Å². The fraction of sp³-hybridized carbons (Fsp3) is 0.333. The van der Waals surface area contributed by atoms with Gasteiger partial charge in [0.1, 0.15) is 0 Å². The van der Waals surface area contributed by atoms with Crippen LogP contribution in [0, 0.1) is 6.92 Å². The smallest absolute Gasteiger partial charge is 0.0411 e. The normalized spacial score (nSPS) is 10.6. The number of anilines is 1. The molecule has 1 aromatic carbocycles. The van der Waals surface area contributed by atoms with Crippen molar-refractivity contribution in [3.63, 3.8) is 0 Å². The lowest BCUT2D eigenvalue weighted by molar-refractivity contribution is 0.874. The third kappa shape index (κ3) is 3.12. The molecule has 2 rings (SSSR count). The maximum atomic E-state index is 5.80. The summed E-state index contributed by atoms with van der Waals surface area (Å²) in [4.78, 5) is 3.73. The zero-order valence-corrected chi connectivity index (χ0v) is 11.8. The van der Waals surface area contributed by atoms with E-state index < -0.39 is 0 Å². The number of thiophene rings is 1. The first-order valence-electron chi connectivity index (χ1n) is 6.24. The van der Waals surface area contributed by atoms with Crippen molar-refractivity contribution in [3.8, 4) is 0 Å². The minimum absolute atomic E-state index is 0.596. The summed E-state index contributed by atoms with van der Waals surface area (Å²) in [6, 6.07) is 10.8. The van der Waals surface area contributed by atoms with E-state index in [1.165, 1.54) is 21.7 Å². The van der Waals surface area contributed by atoms with Gasteiger partial charge in [-0.1, -0.05) is 18.2 Å².